The largest absolute Gasteiger partial charge is 0.457 e. The molecule has 1 amide bonds. The van der Waals surface area contributed by atoms with Crippen molar-refractivity contribution >= 4 is 37.5 Å². The van der Waals surface area contributed by atoms with Crippen LogP contribution in [-0.2, 0) is 10.0 Å². The molecule has 2 rings (SSSR count). The van der Waals surface area contributed by atoms with Crippen LogP contribution in [0.1, 0.15) is 10.4 Å². The highest BCUT2D eigenvalue weighted by Gasteiger charge is 2.16. The lowest BCUT2D eigenvalue weighted by Gasteiger charge is -2.06. The van der Waals surface area contributed by atoms with Gasteiger partial charge in [-0.25, -0.2) is 17.9 Å². The fourth-order valence-corrected chi connectivity index (χ4v) is 2.37. The van der Waals surface area contributed by atoms with Crippen molar-refractivity contribution in [2.45, 2.75) is 4.90 Å². The van der Waals surface area contributed by atoms with Gasteiger partial charge in [-0.3, -0.25) is 4.79 Å². The first-order chi connectivity index (χ1) is 9.29. The Morgan fingerprint density at radius 1 is 1.35 bits per heavy atom. The van der Waals surface area contributed by atoms with E-state index in [1.165, 1.54) is 12.3 Å². The smallest absolute Gasteiger partial charge is 0.260 e. The van der Waals surface area contributed by atoms with Gasteiger partial charge in [0.2, 0.25) is 10.0 Å². The zero-order valence-corrected chi connectivity index (χ0v) is 12.2. The lowest BCUT2D eigenvalue weighted by Crippen LogP contribution is -2.15. The predicted molar refractivity (Wildman–Crippen MR) is 72.1 cm³/mol. The fourth-order valence-electron chi connectivity index (χ4n) is 1.42. The molecule has 20 heavy (non-hydrogen) atoms. The Hall–Kier alpha value is -1.71. The van der Waals surface area contributed by atoms with Crippen LogP contribution in [0, 0.1) is 5.82 Å². The van der Waals surface area contributed by atoms with Crippen LogP contribution in [0.15, 0.2) is 44.5 Å². The van der Waals surface area contributed by atoms with Crippen molar-refractivity contribution in [3.05, 3.63) is 46.6 Å². The van der Waals surface area contributed by atoms with E-state index in [1.54, 1.807) is 0 Å². The summed E-state index contributed by atoms with van der Waals surface area (Å²) in [4.78, 5) is 11.4. The summed E-state index contributed by atoms with van der Waals surface area (Å²) in [5.74, 6) is -1.52. The van der Waals surface area contributed by atoms with Crippen molar-refractivity contribution in [2.24, 2.45) is 5.14 Å². The molecule has 0 radical (unpaired) electrons. The molecule has 1 aromatic carbocycles. The third-order valence-corrected chi connectivity index (χ3v) is 3.90. The van der Waals surface area contributed by atoms with Crippen molar-refractivity contribution in [1.29, 1.82) is 0 Å². The minimum atomic E-state index is -4.00. The van der Waals surface area contributed by atoms with Gasteiger partial charge in [0.25, 0.3) is 5.91 Å². The molecule has 0 aliphatic heterocycles. The van der Waals surface area contributed by atoms with Gasteiger partial charge < -0.3 is 9.73 Å². The van der Waals surface area contributed by atoms with Gasteiger partial charge in [-0.1, -0.05) is 0 Å². The van der Waals surface area contributed by atoms with E-state index >= 15 is 0 Å². The van der Waals surface area contributed by atoms with Crippen molar-refractivity contribution in [1.82, 2.24) is 0 Å². The van der Waals surface area contributed by atoms with Crippen LogP contribution in [0.2, 0.25) is 0 Å². The van der Waals surface area contributed by atoms with Crippen molar-refractivity contribution in [3.63, 3.8) is 0 Å². The number of carbonyl (C=O) groups is 1. The first-order valence-corrected chi connectivity index (χ1v) is 7.49. The molecule has 0 saturated heterocycles. The molecule has 0 spiro atoms. The minimum Gasteiger partial charge on any atom is -0.457 e. The molecule has 2 aromatic rings. The van der Waals surface area contributed by atoms with Gasteiger partial charge in [0, 0.05) is 0 Å². The highest BCUT2D eigenvalue weighted by Crippen LogP contribution is 2.22. The van der Waals surface area contributed by atoms with E-state index in [-0.39, 0.29) is 20.8 Å². The van der Waals surface area contributed by atoms with Gasteiger partial charge in [0.15, 0.2) is 4.67 Å². The number of carbonyl (C=O) groups excluding carboxylic acids is 1. The normalized spacial score (nSPS) is 11.3. The van der Waals surface area contributed by atoms with Crippen LogP contribution in [0.5, 0.6) is 0 Å². The Morgan fingerprint density at radius 2 is 2.05 bits per heavy atom. The van der Waals surface area contributed by atoms with Crippen LogP contribution in [0.25, 0.3) is 0 Å². The highest BCUT2D eigenvalue weighted by atomic mass is 79.9. The van der Waals surface area contributed by atoms with Crippen molar-refractivity contribution in [3.8, 4) is 0 Å². The Morgan fingerprint density at radius 3 is 2.55 bits per heavy atom. The summed E-state index contributed by atoms with van der Waals surface area (Å²) in [6, 6.07) is 4.34. The Labute approximate surface area is 121 Å². The second-order valence-electron chi connectivity index (χ2n) is 3.75. The summed E-state index contributed by atoms with van der Waals surface area (Å²) in [7, 11) is -4.00. The standard InChI is InChI=1S/C11H8BrFN2O4S/c12-10-7(3-4-19-10)11(16)15-9-2-1-6(5-8(9)13)20(14,17)18/h1-5H,(H,15,16)(H2,14,17,18). The summed E-state index contributed by atoms with van der Waals surface area (Å²) in [5.41, 5.74) is 0.00965. The number of nitrogens with two attached hydrogens (primary N) is 1. The molecule has 0 fully saturated rings. The Balaban J connectivity index is 2.27. The first-order valence-electron chi connectivity index (χ1n) is 5.16. The summed E-state index contributed by atoms with van der Waals surface area (Å²) in [5, 5.41) is 7.17. The molecule has 1 aromatic heterocycles. The predicted octanol–water partition coefficient (Wildman–Crippen LogP) is 2.08. The monoisotopic (exact) mass is 362 g/mol. The molecule has 0 bridgehead atoms. The zero-order valence-electron chi connectivity index (χ0n) is 9.76. The molecule has 6 nitrogen and oxygen atoms in total. The molecule has 0 aliphatic carbocycles. The Bertz CT molecular complexity index is 772. The molecule has 1 heterocycles. The lowest BCUT2D eigenvalue weighted by atomic mass is 10.2. The van der Waals surface area contributed by atoms with Gasteiger partial charge in [-0.2, -0.15) is 0 Å². The van der Waals surface area contributed by atoms with Gasteiger partial charge in [-0.05, 0) is 40.2 Å². The molecule has 9 heteroatoms. The average Bonchev–Trinajstić information content (AvgIpc) is 2.76. The number of amides is 1. The van der Waals surface area contributed by atoms with Gasteiger partial charge in [-0.15, -0.1) is 0 Å². The molecule has 0 aliphatic rings. The van der Waals surface area contributed by atoms with E-state index in [0.717, 1.165) is 18.2 Å². The van der Waals surface area contributed by atoms with Crippen LogP contribution in [-0.4, -0.2) is 14.3 Å². The maximum absolute atomic E-state index is 13.7. The molecule has 106 valence electrons. The van der Waals surface area contributed by atoms with E-state index in [0.29, 0.717) is 0 Å². The molecule has 0 saturated carbocycles. The summed E-state index contributed by atoms with van der Waals surface area (Å²) < 4.78 is 40.9. The topological polar surface area (TPSA) is 102 Å². The van der Waals surface area contributed by atoms with Crippen LogP contribution in [0.3, 0.4) is 0 Å². The van der Waals surface area contributed by atoms with Crippen molar-refractivity contribution in [2.75, 3.05) is 5.32 Å². The number of halogens is 2. The van der Waals surface area contributed by atoms with Crippen LogP contribution in [0.4, 0.5) is 10.1 Å². The average molecular weight is 363 g/mol. The first kappa shape index (κ1) is 14.7. The van der Waals surface area contributed by atoms with Gasteiger partial charge >= 0.3 is 0 Å². The van der Waals surface area contributed by atoms with Crippen LogP contribution < -0.4 is 10.5 Å². The molecule has 0 unspecified atom stereocenters. The molecule has 3 N–H and O–H groups in total. The summed E-state index contributed by atoms with van der Waals surface area (Å²) in [6.45, 7) is 0. The third kappa shape index (κ3) is 3.06. The van der Waals surface area contributed by atoms with E-state index in [4.69, 9.17) is 9.56 Å². The SMILES string of the molecule is NS(=O)(=O)c1ccc(NC(=O)c2ccoc2Br)c(F)c1. The highest BCUT2D eigenvalue weighted by molar-refractivity contribution is 9.10. The number of benzene rings is 1. The number of nitrogens with one attached hydrogen (secondary N) is 1. The zero-order chi connectivity index (χ0) is 14.9. The quantitative estimate of drug-likeness (QED) is 0.872. The lowest BCUT2D eigenvalue weighted by molar-refractivity contribution is 0.102. The number of primary sulfonamides is 1. The minimum absolute atomic E-state index is 0.171. The van der Waals surface area contributed by atoms with E-state index < -0.39 is 21.7 Å². The number of hydrogen-bond donors (Lipinski definition) is 2. The molecular formula is C11H8BrFN2O4S. The molecular weight excluding hydrogens is 355 g/mol. The third-order valence-electron chi connectivity index (χ3n) is 2.38. The fraction of sp³-hybridized carbons (Fsp3) is 0. The number of hydrogen-bond acceptors (Lipinski definition) is 4. The number of anilines is 1. The Kier molecular flexibility index (Phi) is 3.93. The van der Waals surface area contributed by atoms with E-state index in [9.17, 15) is 17.6 Å². The van der Waals surface area contributed by atoms with Gasteiger partial charge in [0.05, 0.1) is 22.4 Å². The second-order valence-corrected chi connectivity index (χ2v) is 6.03. The molecule has 0 atom stereocenters. The number of rotatable bonds is 3. The van der Waals surface area contributed by atoms with Crippen LogP contribution >= 0.6 is 15.9 Å². The van der Waals surface area contributed by atoms with Crippen molar-refractivity contribution < 1.29 is 22.0 Å². The second kappa shape index (κ2) is 5.35. The maximum Gasteiger partial charge on any atom is 0.260 e. The summed E-state index contributed by atoms with van der Waals surface area (Å²) >= 11 is 3.02. The van der Waals surface area contributed by atoms with E-state index in [2.05, 4.69) is 21.2 Å². The summed E-state index contributed by atoms with van der Waals surface area (Å²) in [6.07, 6.45) is 1.29. The maximum atomic E-state index is 13.7. The number of sulfonamides is 1. The number of furan rings is 1. The van der Waals surface area contributed by atoms with Gasteiger partial charge in [0.1, 0.15) is 5.82 Å². The van der Waals surface area contributed by atoms with E-state index in [1.807, 2.05) is 0 Å².